The van der Waals surface area contributed by atoms with Gasteiger partial charge in [-0.25, -0.2) is 13.1 Å². The van der Waals surface area contributed by atoms with Gasteiger partial charge in [0.2, 0.25) is 10.0 Å². The van der Waals surface area contributed by atoms with Crippen LogP contribution in [0.5, 0.6) is 0 Å². The van der Waals surface area contributed by atoms with Crippen LogP contribution < -0.4 is 4.72 Å². The Hall–Kier alpha value is -1.90. The topological polar surface area (TPSA) is 66.4 Å². The van der Waals surface area contributed by atoms with E-state index < -0.39 is 26.7 Å². The van der Waals surface area contributed by atoms with E-state index in [-0.39, 0.29) is 18.7 Å². The lowest BCUT2D eigenvalue weighted by Crippen LogP contribution is -2.25. The Morgan fingerprint density at radius 2 is 1.68 bits per heavy atom. The summed E-state index contributed by atoms with van der Waals surface area (Å²) in [6.45, 7) is -0.0313. The second-order valence-corrected chi connectivity index (χ2v) is 7.17. The largest absolute Gasteiger partial charge is 0.417 e. The minimum Gasteiger partial charge on any atom is -0.396 e. The van der Waals surface area contributed by atoms with Crippen LogP contribution in [0.1, 0.15) is 18.4 Å². The molecule has 0 saturated carbocycles. The van der Waals surface area contributed by atoms with Crippen molar-refractivity contribution in [3.8, 4) is 11.1 Å². The van der Waals surface area contributed by atoms with Crippen LogP contribution in [0.2, 0.25) is 0 Å². The Kier molecular flexibility index (Phi) is 6.21. The van der Waals surface area contributed by atoms with Gasteiger partial charge in [-0.1, -0.05) is 36.4 Å². The summed E-state index contributed by atoms with van der Waals surface area (Å²) in [7, 11) is -4.05. The summed E-state index contributed by atoms with van der Waals surface area (Å²) >= 11 is 0. The molecule has 0 aliphatic carbocycles. The van der Waals surface area contributed by atoms with Gasteiger partial charge in [0.1, 0.15) is 0 Å². The molecule has 0 bridgehead atoms. The second-order valence-electron chi connectivity index (χ2n) is 5.40. The van der Waals surface area contributed by atoms with Crippen molar-refractivity contribution < 1.29 is 26.7 Å². The number of nitrogens with one attached hydrogen (secondary N) is 1. The zero-order valence-electron chi connectivity index (χ0n) is 13.3. The first-order valence-corrected chi connectivity index (χ1v) is 9.11. The standard InChI is InChI=1S/C17H18F3NO3S/c18-17(19,20)16-12-14(25(23,24)21-10-4-5-11-22)8-9-15(16)13-6-2-1-3-7-13/h1-3,6-9,12,21-22H,4-5,10-11H2. The molecule has 136 valence electrons. The van der Waals surface area contributed by atoms with E-state index in [0.717, 1.165) is 6.07 Å². The molecule has 0 fully saturated rings. The van der Waals surface area contributed by atoms with Crippen LogP contribution in [0, 0.1) is 0 Å². The molecule has 0 unspecified atom stereocenters. The average molecular weight is 373 g/mol. The van der Waals surface area contributed by atoms with Crippen molar-refractivity contribution in [2.24, 2.45) is 0 Å². The SMILES string of the molecule is O=S(=O)(NCCCCO)c1ccc(-c2ccccc2)c(C(F)(F)F)c1. The maximum absolute atomic E-state index is 13.4. The summed E-state index contributed by atoms with van der Waals surface area (Å²) in [5.41, 5.74) is -0.723. The van der Waals surface area contributed by atoms with E-state index >= 15 is 0 Å². The number of hydrogen-bond acceptors (Lipinski definition) is 3. The third kappa shape index (κ3) is 5.04. The molecular weight excluding hydrogens is 355 g/mol. The molecule has 2 rings (SSSR count). The lowest BCUT2D eigenvalue weighted by atomic mass is 9.99. The van der Waals surface area contributed by atoms with Crippen molar-refractivity contribution in [1.82, 2.24) is 4.72 Å². The normalized spacial score (nSPS) is 12.3. The van der Waals surface area contributed by atoms with E-state index in [1.807, 2.05) is 0 Å². The monoisotopic (exact) mass is 373 g/mol. The minimum absolute atomic E-state index is 0.0463. The molecule has 0 aromatic heterocycles. The van der Waals surface area contributed by atoms with Crippen LogP contribution >= 0.6 is 0 Å². The molecule has 0 atom stereocenters. The number of alkyl halides is 3. The molecule has 0 aliphatic heterocycles. The molecule has 0 radical (unpaired) electrons. The first kappa shape index (κ1) is 19.4. The number of aliphatic hydroxyl groups excluding tert-OH is 1. The van der Waals surface area contributed by atoms with Crippen molar-refractivity contribution >= 4 is 10.0 Å². The molecule has 8 heteroatoms. The Morgan fingerprint density at radius 3 is 2.28 bits per heavy atom. The van der Waals surface area contributed by atoms with E-state index in [2.05, 4.69) is 4.72 Å². The van der Waals surface area contributed by atoms with Gasteiger partial charge in [-0.2, -0.15) is 13.2 Å². The number of rotatable bonds is 7. The van der Waals surface area contributed by atoms with Gasteiger partial charge in [0.05, 0.1) is 10.5 Å². The van der Waals surface area contributed by atoms with Gasteiger partial charge in [0.15, 0.2) is 0 Å². The van der Waals surface area contributed by atoms with Gasteiger partial charge in [-0.3, -0.25) is 0 Å². The molecule has 0 aliphatic rings. The smallest absolute Gasteiger partial charge is 0.396 e. The van der Waals surface area contributed by atoms with Crippen molar-refractivity contribution in [1.29, 1.82) is 0 Å². The highest BCUT2D eigenvalue weighted by atomic mass is 32.2. The summed E-state index contributed by atoms with van der Waals surface area (Å²) in [6.07, 6.45) is -3.89. The van der Waals surface area contributed by atoms with Crippen LogP contribution in [0.25, 0.3) is 11.1 Å². The molecule has 2 N–H and O–H groups in total. The molecular formula is C17H18F3NO3S. The summed E-state index contributed by atoms with van der Waals surface area (Å²) in [6, 6.07) is 11.0. The number of unbranched alkanes of at least 4 members (excludes halogenated alkanes) is 1. The van der Waals surface area contributed by atoms with Gasteiger partial charge in [-0.05, 0) is 36.1 Å². The van der Waals surface area contributed by atoms with Crippen LogP contribution in [-0.4, -0.2) is 26.7 Å². The summed E-state index contributed by atoms with van der Waals surface area (Å²) in [5.74, 6) is 0. The number of benzene rings is 2. The predicted molar refractivity (Wildman–Crippen MR) is 88.4 cm³/mol. The molecule has 2 aromatic rings. The van der Waals surface area contributed by atoms with Crippen LogP contribution in [0.4, 0.5) is 13.2 Å². The Balaban J connectivity index is 2.40. The average Bonchev–Trinajstić information content (AvgIpc) is 2.58. The van der Waals surface area contributed by atoms with Crippen molar-refractivity contribution in [3.05, 3.63) is 54.1 Å². The van der Waals surface area contributed by atoms with E-state index in [1.165, 1.54) is 18.2 Å². The minimum atomic E-state index is -4.69. The zero-order chi connectivity index (χ0) is 18.5. The molecule has 25 heavy (non-hydrogen) atoms. The predicted octanol–water partition coefficient (Wildman–Crippen LogP) is 3.42. The highest BCUT2D eigenvalue weighted by molar-refractivity contribution is 7.89. The van der Waals surface area contributed by atoms with E-state index in [4.69, 9.17) is 5.11 Å². The quantitative estimate of drug-likeness (QED) is 0.731. The third-order valence-corrected chi connectivity index (χ3v) is 5.03. The van der Waals surface area contributed by atoms with E-state index in [1.54, 1.807) is 18.2 Å². The first-order valence-electron chi connectivity index (χ1n) is 7.63. The maximum Gasteiger partial charge on any atom is 0.417 e. The fourth-order valence-corrected chi connectivity index (χ4v) is 3.42. The summed E-state index contributed by atoms with van der Waals surface area (Å²) in [5, 5.41) is 8.68. The zero-order valence-corrected chi connectivity index (χ0v) is 14.1. The second kappa shape index (κ2) is 7.99. The van der Waals surface area contributed by atoms with Gasteiger partial charge in [-0.15, -0.1) is 0 Å². The lowest BCUT2D eigenvalue weighted by molar-refractivity contribution is -0.137. The number of halogens is 3. The Bertz CT molecular complexity index is 806. The van der Waals surface area contributed by atoms with E-state index in [9.17, 15) is 21.6 Å². The fourth-order valence-electron chi connectivity index (χ4n) is 2.32. The van der Waals surface area contributed by atoms with Gasteiger partial charge < -0.3 is 5.11 Å². The molecule has 0 amide bonds. The first-order chi connectivity index (χ1) is 11.8. The van der Waals surface area contributed by atoms with Gasteiger partial charge >= 0.3 is 6.18 Å². The van der Waals surface area contributed by atoms with Gasteiger partial charge in [0, 0.05) is 13.2 Å². The number of hydrogen-bond donors (Lipinski definition) is 2. The van der Waals surface area contributed by atoms with Crippen LogP contribution in [0.3, 0.4) is 0 Å². The summed E-state index contributed by atoms with van der Waals surface area (Å²) < 4.78 is 66.8. The highest BCUT2D eigenvalue weighted by Gasteiger charge is 2.35. The number of sulfonamides is 1. The van der Waals surface area contributed by atoms with E-state index in [0.29, 0.717) is 24.5 Å². The Morgan fingerprint density at radius 1 is 1.00 bits per heavy atom. The molecule has 0 saturated heterocycles. The van der Waals surface area contributed by atoms with Crippen LogP contribution in [-0.2, 0) is 16.2 Å². The summed E-state index contributed by atoms with van der Waals surface area (Å²) in [4.78, 5) is -0.441. The highest BCUT2D eigenvalue weighted by Crippen LogP contribution is 2.38. The Labute approximate surface area is 144 Å². The molecule has 4 nitrogen and oxygen atoms in total. The molecule has 0 spiro atoms. The number of aliphatic hydroxyl groups is 1. The third-order valence-electron chi connectivity index (χ3n) is 3.57. The molecule has 2 aromatic carbocycles. The maximum atomic E-state index is 13.4. The molecule has 0 heterocycles. The van der Waals surface area contributed by atoms with Crippen molar-refractivity contribution in [2.45, 2.75) is 23.9 Å². The lowest BCUT2D eigenvalue weighted by Gasteiger charge is -2.15. The fraction of sp³-hybridized carbons (Fsp3) is 0.294. The van der Waals surface area contributed by atoms with Gasteiger partial charge in [0.25, 0.3) is 0 Å². The van der Waals surface area contributed by atoms with Crippen LogP contribution in [0.15, 0.2) is 53.4 Å². The van der Waals surface area contributed by atoms with Crippen molar-refractivity contribution in [3.63, 3.8) is 0 Å². The van der Waals surface area contributed by atoms with Crippen molar-refractivity contribution in [2.75, 3.05) is 13.2 Å².